The van der Waals surface area contributed by atoms with Gasteiger partial charge in [0.2, 0.25) is 5.91 Å². The second kappa shape index (κ2) is 7.16. The highest BCUT2D eigenvalue weighted by atomic mass is 19.4. The van der Waals surface area contributed by atoms with Gasteiger partial charge in [-0.05, 0) is 24.3 Å². The lowest BCUT2D eigenvalue weighted by Gasteiger charge is -2.10. The second-order valence-electron chi connectivity index (χ2n) is 5.13. The molecule has 0 bridgehead atoms. The Morgan fingerprint density at radius 3 is 2.29 bits per heavy atom. The molecule has 0 aliphatic heterocycles. The van der Waals surface area contributed by atoms with Crippen LogP contribution in [0.5, 0.6) is 5.75 Å². The summed E-state index contributed by atoms with van der Waals surface area (Å²) in [6.07, 6.45) is -1.89. The van der Waals surface area contributed by atoms with Gasteiger partial charge in [-0.2, -0.15) is 0 Å². The molecule has 2 aromatic rings. The van der Waals surface area contributed by atoms with E-state index in [4.69, 9.17) is 0 Å². The highest BCUT2D eigenvalue weighted by Crippen LogP contribution is 2.25. The lowest BCUT2D eigenvalue weighted by molar-refractivity contribution is -0.274. The van der Waals surface area contributed by atoms with Crippen LogP contribution < -0.4 is 15.6 Å². The van der Waals surface area contributed by atoms with Gasteiger partial charge in [-0.3, -0.25) is 20.6 Å². The maximum absolute atomic E-state index is 12.1. The van der Waals surface area contributed by atoms with Gasteiger partial charge in [0.15, 0.2) is 5.82 Å². The van der Waals surface area contributed by atoms with Gasteiger partial charge in [0.1, 0.15) is 5.75 Å². The van der Waals surface area contributed by atoms with Gasteiger partial charge in [-0.1, -0.05) is 13.8 Å². The zero-order valence-electron chi connectivity index (χ0n) is 12.9. The van der Waals surface area contributed by atoms with Crippen molar-refractivity contribution >= 4 is 11.7 Å². The average Bonchev–Trinajstić information content (AvgIpc) is 2.52. The third kappa shape index (κ3) is 5.11. The molecule has 9 heteroatoms. The molecule has 1 aromatic heterocycles. The van der Waals surface area contributed by atoms with Crippen LogP contribution in [0.1, 0.15) is 13.8 Å². The molecule has 1 aromatic carbocycles. The molecule has 0 atom stereocenters. The Morgan fingerprint density at radius 2 is 1.79 bits per heavy atom. The summed E-state index contributed by atoms with van der Waals surface area (Å²) in [7, 11) is 0. The second-order valence-corrected chi connectivity index (χ2v) is 5.13. The van der Waals surface area contributed by atoms with E-state index in [1.54, 1.807) is 13.8 Å². The lowest BCUT2D eigenvalue weighted by Crippen LogP contribution is -2.33. The van der Waals surface area contributed by atoms with E-state index < -0.39 is 6.36 Å². The van der Waals surface area contributed by atoms with Gasteiger partial charge in [0.25, 0.3) is 0 Å². The number of hydrogen-bond acceptors (Lipinski definition) is 5. The highest BCUT2D eigenvalue weighted by Gasteiger charge is 2.30. The molecule has 24 heavy (non-hydrogen) atoms. The van der Waals surface area contributed by atoms with Crippen molar-refractivity contribution < 1.29 is 22.7 Å². The van der Waals surface area contributed by atoms with E-state index in [9.17, 15) is 18.0 Å². The number of amides is 1. The quantitative estimate of drug-likeness (QED) is 0.818. The van der Waals surface area contributed by atoms with Crippen molar-refractivity contribution in [3.63, 3.8) is 0 Å². The Balaban J connectivity index is 2.01. The number of hydrazine groups is 1. The van der Waals surface area contributed by atoms with Crippen LogP contribution in [0.2, 0.25) is 0 Å². The van der Waals surface area contributed by atoms with E-state index in [1.165, 1.54) is 36.7 Å². The van der Waals surface area contributed by atoms with Gasteiger partial charge in [0, 0.05) is 11.5 Å². The first-order valence-electron chi connectivity index (χ1n) is 6.99. The molecular weight excluding hydrogens is 325 g/mol. The number of hydrogen-bond donors (Lipinski definition) is 2. The van der Waals surface area contributed by atoms with Crippen molar-refractivity contribution in [2.45, 2.75) is 20.2 Å². The van der Waals surface area contributed by atoms with Crippen LogP contribution >= 0.6 is 0 Å². The standard InChI is InChI=1S/C15H15F3N4O2/c1-9(2)14(23)22-21-13-8-19-12(7-20-13)10-3-5-11(6-4-10)24-15(16,17)18/h3-9H,1-2H3,(H,20,21)(H,22,23). The predicted molar refractivity (Wildman–Crippen MR) is 80.8 cm³/mol. The van der Waals surface area contributed by atoms with Crippen molar-refractivity contribution in [3.8, 4) is 17.0 Å². The molecule has 0 radical (unpaired) electrons. The van der Waals surface area contributed by atoms with Gasteiger partial charge < -0.3 is 4.74 Å². The van der Waals surface area contributed by atoms with Crippen LogP contribution in [0.4, 0.5) is 19.0 Å². The molecule has 1 amide bonds. The molecule has 0 saturated carbocycles. The minimum absolute atomic E-state index is 0.179. The Bertz CT molecular complexity index is 685. The molecule has 2 rings (SSSR count). The third-order valence-corrected chi connectivity index (χ3v) is 2.87. The summed E-state index contributed by atoms with van der Waals surface area (Å²) in [6, 6.07) is 5.27. The SMILES string of the molecule is CC(C)C(=O)NNc1cnc(-c2ccc(OC(F)(F)F)cc2)cn1. The monoisotopic (exact) mass is 340 g/mol. The van der Waals surface area contributed by atoms with Crippen LogP contribution in [0.15, 0.2) is 36.7 Å². The summed E-state index contributed by atoms with van der Waals surface area (Å²) < 4.78 is 40.1. The number of alkyl halides is 3. The zero-order valence-corrected chi connectivity index (χ0v) is 12.9. The van der Waals surface area contributed by atoms with E-state index >= 15 is 0 Å². The summed E-state index contributed by atoms with van der Waals surface area (Å²) in [5, 5.41) is 0. The van der Waals surface area contributed by atoms with Gasteiger partial charge >= 0.3 is 6.36 Å². The fourth-order valence-corrected chi connectivity index (χ4v) is 1.64. The van der Waals surface area contributed by atoms with Crippen LogP contribution in [0.3, 0.4) is 0 Å². The summed E-state index contributed by atoms with van der Waals surface area (Å²) in [5.74, 6) is -0.345. The van der Waals surface area contributed by atoms with E-state index in [0.717, 1.165) is 0 Å². The summed E-state index contributed by atoms with van der Waals surface area (Å²) >= 11 is 0. The molecule has 0 aliphatic rings. The molecule has 2 N–H and O–H groups in total. The van der Waals surface area contributed by atoms with Crippen LogP contribution in [-0.2, 0) is 4.79 Å². The van der Waals surface area contributed by atoms with Crippen molar-refractivity contribution in [1.82, 2.24) is 15.4 Å². The molecule has 0 fully saturated rings. The number of halogens is 3. The van der Waals surface area contributed by atoms with Crippen molar-refractivity contribution in [2.75, 3.05) is 5.43 Å². The smallest absolute Gasteiger partial charge is 0.406 e. The van der Waals surface area contributed by atoms with Crippen LogP contribution in [0, 0.1) is 5.92 Å². The van der Waals surface area contributed by atoms with Gasteiger partial charge in [0.05, 0.1) is 18.1 Å². The summed E-state index contributed by atoms with van der Waals surface area (Å²) in [5.41, 5.74) is 6.14. The minimum atomic E-state index is -4.73. The Morgan fingerprint density at radius 1 is 1.12 bits per heavy atom. The topological polar surface area (TPSA) is 76.1 Å². The van der Waals surface area contributed by atoms with E-state index in [-0.39, 0.29) is 17.6 Å². The summed E-state index contributed by atoms with van der Waals surface area (Å²) in [6.45, 7) is 3.50. The third-order valence-electron chi connectivity index (χ3n) is 2.87. The molecule has 0 unspecified atom stereocenters. The molecular formula is C15H15F3N4O2. The Labute approximate surface area is 136 Å². The number of rotatable bonds is 5. The number of benzene rings is 1. The Kier molecular flexibility index (Phi) is 5.22. The number of nitrogens with one attached hydrogen (secondary N) is 2. The van der Waals surface area contributed by atoms with E-state index in [2.05, 4.69) is 25.6 Å². The normalized spacial score (nSPS) is 11.2. The van der Waals surface area contributed by atoms with Crippen molar-refractivity contribution in [2.24, 2.45) is 5.92 Å². The van der Waals surface area contributed by atoms with Crippen molar-refractivity contribution in [1.29, 1.82) is 0 Å². The first-order valence-corrected chi connectivity index (χ1v) is 6.99. The fourth-order valence-electron chi connectivity index (χ4n) is 1.64. The lowest BCUT2D eigenvalue weighted by atomic mass is 10.1. The van der Waals surface area contributed by atoms with Crippen molar-refractivity contribution in [3.05, 3.63) is 36.7 Å². The number of nitrogens with zero attached hydrogens (tertiary/aromatic N) is 2. The minimum Gasteiger partial charge on any atom is -0.406 e. The largest absolute Gasteiger partial charge is 0.573 e. The zero-order chi connectivity index (χ0) is 17.7. The first-order chi connectivity index (χ1) is 11.2. The predicted octanol–water partition coefficient (Wildman–Crippen LogP) is 3.14. The number of carbonyl (C=O) groups excluding carboxylic acids is 1. The van der Waals surface area contributed by atoms with Crippen LogP contribution in [0.25, 0.3) is 11.3 Å². The molecule has 128 valence electrons. The highest BCUT2D eigenvalue weighted by molar-refractivity contribution is 5.78. The number of aromatic nitrogens is 2. The average molecular weight is 340 g/mol. The van der Waals surface area contributed by atoms with Crippen LogP contribution in [-0.4, -0.2) is 22.2 Å². The van der Waals surface area contributed by atoms with Gasteiger partial charge in [-0.25, -0.2) is 4.98 Å². The van der Waals surface area contributed by atoms with Gasteiger partial charge in [-0.15, -0.1) is 13.2 Å². The van der Waals surface area contributed by atoms with E-state index in [0.29, 0.717) is 17.1 Å². The molecule has 6 nitrogen and oxygen atoms in total. The summed E-state index contributed by atoms with van der Waals surface area (Å²) in [4.78, 5) is 19.6. The number of ether oxygens (including phenoxy) is 1. The first kappa shape index (κ1) is 17.5. The Hall–Kier alpha value is -2.84. The molecule has 1 heterocycles. The molecule has 0 aliphatic carbocycles. The fraction of sp³-hybridized carbons (Fsp3) is 0.267. The molecule has 0 saturated heterocycles. The number of carbonyl (C=O) groups is 1. The maximum Gasteiger partial charge on any atom is 0.573 e. The molecule has 0 spiro atoms. The maximum atomic E-state index is 12.1. The van der Waals surface area contributed by atoms with E-state index in [1.807, 2.05) is 0 Å². The number of anilines is 1.